The summed E-state index contributed by atoms with van der Waals surface area (Å²) in [6.45, 7) is 3.08. The predicted molar refractivity (Wildman–Crippen MR) is 81.7 cm³/mol. The van der Waals surface area contributed by atoms with Crippen LogP contribution in [0.3, 0.4) is 0 Å². The molecule has 2 aromatic carbocycles. The fourth-order valence-electron chi connectivity index (χ4n) is 2.40. The van der Waals surface area contributed by atoms with E-state index in [1.807, 2.05) is 37.3 Å². The third-order valence-electron chi connectivity index (χ3n) is 3.64. The molecule has 0 aliphatic carbocycles. The van der Waals surface area contributed by atoms with Crippen LogP contribution in [0, 0.1) is 6.92 Å². The van der Waals surface area contributed by atoms with Crippen molar-refractivity contribution >= 4 is 27.4 Å². The first-order valence-electron chi connectivity index (χ1n) is 6.36. The number of fused-ring (bicyclic) bond motifs is 1. The average molecular weight is 332 g/mol. The van der Waals surface area contributed by atoms with Crippen LogP contribution in [0.1, 0.15) is 32.6 Å². The van der Waals surface area contributed by atoms with Crippen LogP contribution in [-0.2, 0) is 18.0 Å². The standard InChI is InChI=1S/C16H14BrNO2/c1-9-14(5-13(17)6-15(9)18)16(19)10-2-3-11-7-20-8-12(11)4-10/h2-6H,7-8,18H2,1H3. The second-order valence-corrected chi connectivity index (χ2v) is 5.89. The van der Waals surface area contributed by atoms with E-state index >= 15 is 0 Å². The van der Waals surface area contributed by atoms with Crippen LogP contribution in [0.25, 0.3) is 0 Å². The fourth-order valence-corrected chi connectivity index (χ4v) is 2.88. The van der Waals surface area contributed by atoms with Crippen LogP contribution in [0.2, 0.25) is 0 Å². The van der Waals surface area contributed by atoms with Crippen LogP contribution in [0.4, 0.5) is 5.69 Å². The maximum Gasteiger partial charge on any atom is 0.193 e. The van der Waals surface area contributed by atoms with E-state index in [0.29, 0.717) is 30.0 Å². The smallest absolute Gasteiger partial charge is 0.193 e. The largest absolute Gasteiger partial charge is 0.398 e. The molecule has 1 aliphatic heterocycles. The molecule has 0 unspecified atom stereocenters. The summed E-state index contributed by atoms with van der Waals surface area (Å²) in [5, 5.41) is 0. The van der Waals surface area contributed by atoms with Gasteiger partial charge >= 0.3 is 0 Å². The molecule has 0 spiro atoms. The van der Waals surface area contributed by atoms with Crippen molar-refractivity contribution in [1.82, 2.24) is 0 Å². The molecular weight excluding hydrogens is 318 g/mol. The quantitative estimate of drug-likeness (QED) is 0.675. The summed E-state index contributed by atoms with van der Waals surface area (Å²) < 4.78 is 6.19. The van der Waals surface area contributed by atoms with E-state index in [0.717, 1.165) is 21.2 Å². The Morgan fingerprint density at radius 2 is 1.95 bits per heavy atom. The Morgan fingerprint density at radius 1 is 1.20 bits per heavy atom. The summed E-state index contributed by atoms with van der Waals surface area (Å²) in [6, 6.07) is 9.36. The highest BCUT2D eigenvalue weighted by Gasteiger charge is 2.18. The molecule has 1 heterocycles. The van der Waals surface area contributed by atoms with Gasteiger partial charge < -0.3 is 10.5 Å². The molecule has 2 aromatic rings. The molecule has 0 aromatic heterocycles. The lowest BCUT2D eigenvalue weighted by atomic mass is 9.96. The van der Waals surface area contributed by atoms with Crippen molar-refractivity contribution in [3.05, 3.63) is 62.6 Å². The lowest BCUT2D eigenvalue weighted by molar-refractivity contribution is 0.103. The maximum absolute atomic E-state index is 12.7. The van der Waals surface area contributed by atoms with Gasteiger partial charge in [0.15, 0.2) is 5.78 Å². The Morgan fingerprint density at radius 3 is 2.75 bits per heavy atom. The Labute approximate surface area is 125 Å². The molecule has 3 rings (SSSR count). The molecule has 0 radical (unpaired) electrons. The van der Waals surface area contributed by atoms with Gasteiger partial charge in [-0.2, -0.15) is 0 Å². The van der Waals surface area contributed by atoms with Crippen LogP contribution in [0.5, 0.6) is 0 Å². The van der Waals surface area contributed by atoms with Gasteiger partial charge in [-0.15, -0.1) is 0 Å². The SMILES string of the molecule is Cc1c(N)cc(Br)cc1C(=O)c1ccc2c(c1)COC2. The number of anilines is 1. The summed E-state index contributed by atoms with van der Waals surface area (Å²) in [5.41, 5.74) is 10.9. The zero-order valence-electron chi connectivity index (χ0n) is 11.1. The maximum atomic E-state index is 12.7. The van der Waals surface area contributed by atoms with Crippen molar-refractivity contribution in [3.8, 4) is 0 Å². The summed E-state index contributed by atoms with van der Waals surface area (Å²) in [7, 11) is 0. The molecule has 0 saturated heterocycles. The van der Waals surface area contributed by atoms with E-state index in [9.17, 15) is 4.79 Å². The molecular formula is C16H14BrNO2. The van der Waals surface area contributed by atoms with Gasteiger partial charge in [0.1, 0.15) is 0 Å². The van der Waals surface area contributed by atoms with Crippen molar-refractivity contribution in [2.45, 2.75) is 20.1 Å². The number of hydrogen-bond acceptors (Lipinski definition) is 3. The Kier molecular flexibility index (Phi) is 3.36. The van der Waals surface area contributed by atoms with Crippen LogP contribution >= 0.6 is 15.9 Å². The van der Waals surface area contributed by atoms with E-state index in [4.69, 9.17) is 10.5 Å². The summed E-state index contributed by atoms with van der Waals surface area (Å²) in [6.07, 6.45) is 0. The van der Waals surface area contributed by atoms with Gasteiger partial charge in [0, 0.05) is 21.3 Å². The van der Waals surface area contributed by atoms with Gasteiger partial charge in [-0.3, -0.25) is 4.79 Å². The van der Waals surface area contributed by atoms with Gasteiger partial charge in [0.2, 0.25) is 0 Å². The highest BCUT2D eigenvalue weighted by atomic mass is 79.9. The fraction of sp³-hybridized carbons (Fsp3) is 0.188. The van der Waals surface area contributed by atoms with Gasteiger partial charge in [-0.05, 0) is 41.8 Å². The molecule has 102 valence electrons. The molecule has 0 saturated carbocycles. The van der Waals surface area contributed by atoms with E-state index in [2.05, 4.69) is 15.9 Å². The molecule has 0 fully saturated rings. The number of ketones is 1. The number of carbonyl (C=O) groups excluding carboxylic acids is 1. The van der Waals surface area contributed by atoms with Crippen molar-refractivity contribution in [2.75, 3.05) is 5.73 Å². The Bertz CT molecular complexity index is 710. The molecule has 20 heavy (non-hydrogen) atoms. The van der Waals surface area contributed by atoms with Crippen molar-refractivity contribution in [3.63, 3.8) is 0 Å². The van der Waals surface area contributed by atoms with Crippen molar-refractivity contribution < 1.29 is 9.53 Å². The van der Waals surface area contributed by atoms with Crippen LogP contribution in [-0.4, -0.2) is 5.78 Å². The number of carbonyl (C=O) groups is 1. The molecule has 3 nitrogen and oxygen atoms in total. The molecule has 4 heteroatoms. The lowest BCUT2D eigenvalue weighted by Gasteiger charge is -2.09. The highest BCUT2D eigenvalue weighted by molar-refractivity contribution is 9.10. The zero-order valence-corrected chi connectivity index (χ0v) is 12.7. The van der Waals surface area contributed by atoms with Gasteiger partial charge in [0.05, 0.1) is 13.2 Å². The molecule has 0 amide bonds. The first-order chi connectivity index (χ1) is 9.56. The van der Waals surface area contributed by atoms with Crippen molar-refractivity contribution in [1.29, 1.82) is 0 Å². The van der Waals surface area contributed by atoms with E-state index < -0.39 is 0 Å². The number of rotatable bonds is 2. The summed E-state index contributed by atoms with van der Waals surface area (Å²) in [4.78, 5) is 12.7. The molecule has 0 bridgehead atoms. The summed E-state index contributed by atoms with van der Waals surface area (Å²) >= 11 is 3.39. The predicted octanol–water partition coefficient (Wildman–Crippen LogP) is 3.60. The van der Waals surface area contributed by atoms with Crippen LogP contribution < -0.4 is 5.73 Å². The number of hydrogen-bond donors (Lipinski definition) is 1. The van der Waals surface area contributed by atoms with E-state index in [1.54, 1.807) is 0 Å². The minimum absolute atomic E-state index is 0.00907. The first kappa shape index (κ1) is 13.3. The molecule has 1 aliphatic rings. The van der Waals surface area contributed by atoms with E-state index in [1.165, 1.54) is 0 Å². The van der Waals surface area contributed by atoms with Gasteiger partial charge in [0.25, 0.3) is 0 Å². The second kappa shape index (κ2) is 5.04. The molecule has 2 N–H and O–H groups in total. The normalized spacial score (nSPS) is 13.3. The number of ether oxygens (including phenoxy) is 1. The topological polar surface area (TPSA) is 52.3 Å². The lowest BCUT2D eigenvalue weighted by Crippen LogP contribution is -2.06. The second-order valence-electron chi connectivity index (χ2n) is 4.97. The van der Waals surface area contributed by atoms with Gasteiger partial charge in [-0.1, -0.05) is 28.1 Å². The number of nitrogen functional groups attached to an aromatic ring is 1. The number of nitrogens with two attached hydrogens (primary N) is 1. The first-order valence-corrected chi connectivity index (χ1v) is 7.15. The third kappa shape index (κ3) is 2.25. The number of halogens is 1. The minimum Gasteiger partial charge on any atom is -0.398 e. The Hall–Kier alpha value is -1.65. The molecule has 0 atom stereocenters. The summed E-state index contributed by atoms with van der Waals surface area (Å²) in [5.74, 6) is -0.00907. The minimum atomic E-state index is -0.00907. The monoisotopic (exact) mass is 331 g/mol. The number of benzene rings is 2. The van der Waals surface area contributed by atoms with Gasteiger partial charge in [-0.25, -0.2) is 0 Å². The van der Waals surface area contributed by atoms with Crippen LogP contribution in [0.15, 0.2) is 34.8 Å². The van der Waals surface area contributed by atoms with Crippen molar-refractivity contribution in [2.24, 2.45) is 0 Å². The highest BCUT2D eigenvalue weighted by Crippen LogP contribution is 2.27. The third-order valence-corrected chi connectivity index (χ3v) is 4.10. The zero-order chi connectivity index (χ0) is 14.3. The average Bonchev–Trinajstić information content (AvgIpc) is 2.89. The Balaban J connectivity index is 2.05. The van der Waals surface area contributed by atoms with E-state index in [-0.39, 0.29) is 5.78 Å².